The molecule has 4 nitrogen and oxygen atoms in total. The SMILES string of the molecule is O=C(c1cc(C2CC2)nc2ccc(Cl)cc12)N1CCC(O)CC1. The molecule has 1 aliphatic heterocycles. The molecular formula is C18H19ClN2O2. The Bertz CT molecular complexity index is 765. The molecule has 0 atom stereocenters. The third kappa shape index (κ3) is 2.93. The van der Waals surface area contributed by atoms with Crippen molar-refractivity contribution in [2.24, 2.45) is 0 Å². The number of rotatable bonds is 2. The van der Waals surface area contributed by atoms with Crippen molar-refractivity contribution in [1.82, 2.24) is 9.88 Å². The molecule has 4 rings (SSSR count). The Morgan fingerprint density at radius 3 is 2.61 bits per heavy atom. The van der Waals surface area contributed by atoms with E-state index in [2.05, 4.69) is 0 Å². The van der Waals surface area contributed by atoms with Crippen LogP contribution in [-0.2, 0) is 0 Å². The fourth-order valence-corrected chi connectivity index (χ4v) is 3.40. The smallest absolute Gasteiger partial charge is 0.254 e. The van der Waals surface area contributed by atoms with Gasteiger partial charge in [0.2, 0.25) is 0 Å². The van der Waals surface area contributed by atoms with Crippen LogP contribution in [0, 0.1) is 0 Å². The molecule has 2 heterocycles. The number of hydrogen-bond acceptors (Lipinski definition) is 3. The van der Waals surface area contributed by atoms with Gasteiger partial charge in [0.15, 0.2) is 0 Å². The van der Waals surface area contributed by atoms with Crippen LogP contribution in [0.4, 0.5) is 0 Å². The maximum atomic E-state index is 13.0. The molecule has 1 aliphatic carbocycles. The number of aliphatic hydroxyl groups is 1. The average Bonchev–Trinajstić information content (AvgIpc) is 3.39. The number of piperidine rings is 1. The molecule has 0 radical (unpaired) electrons. The molecule has 0 bridgehead atoms. The van der Waals surface area contributed by atoms with Crippen molar-refractivity contribution in [3.05, 3.63) is 40.5 Å². The first kappa shape index (κ1) is 14.9. The summed E-state index contributed by atoms with van der Waals surface area (Å²) in [6.07, 6.45) is 3.30. The second kappa shape index (κ2) is 5.77. The van der Waals surface area contributed by atoms with Crippen LogP contribution in [0.2, 0.25) is 5.02 Å². The van der Waals surface area contributed by atoms with E-state index in [-0.39, 0.29) is 12.0 Å². The van der Waals surface area contributed by atoms with Crippen LogP contribution < -0.4 is 0 Å². The zero-order valence-corrected chi connectivity index (χ0v) is 13.6. The molecule has 23 heavy (non-hydrogen) atoms. The molecule has 1 saturated carbocycles. The number of benzene rings is 1. The summed E-state index contributed by atoms with van der Waals surface area (Å²) in [5.74, 6) is 0.512. The maximum absolute atomic E-state index is 13.0. The van der Waals surface area contributed by atoms with Crippen LogP contribution in [0.15, 0.2) is 24.3 Å². The molecule has 1 N–H and O–H groups in total. The van der Waals surface area contributed by atoms with Crippen molar-refractivity contribution in [3.63, 3.8) is 0 Å². The highest BCUT2D eigenvalue weighted by molar-refractivity contribution is 6.31. The van der Waals surface area contributed by atoms with Gasteiger partial charge < -0.3 is 10.0 Å². The van der Waals surface area contributed by atoms with Gasteiger partial charge >= 0.3 is 0 Å². The topological polar surface area (TPSA) is 53.4 Å². The summed E-state index contributed by atoms with van der Waals surface area (Å²) >= 11 is 6.13. The molecule has 1 aromatic carbocycles. The number of nitrogens with zero attached hydrogens (tertiary/aromatic N) is 2. The lowest BCUT2D eigenvalue weighted by Crippen LogP contribution is -2.40. The first-order valence-corrected chi connectivity index (χ1v) is 8.57. The second-order valence-corrected chi connectivity index (χ2v) is 6.99. The molecule has 120 valence electrons. The summed E-state index contributed by atoms with van der Waals surface area (Å²) in [5, 5.41) is 11.1. The molecule has 2 aliphatic rings. The minimum absolute atomic E-state index is 0.0217. The molecule has 1 aromatic heterocycles. The number of amides is 1. The van der Waals surface area contributed by atoms with Gasteiger partial charge in [0.1, 0.15) is 0 Å². The number of carbonyl (C=O) groups is 1. The Morgan fingerprint density at radius 1 is 1.17 bits per heavy atom. The van der Waals surface area contributed by atoms with E-state index in [0.717, 1.165) is 29.4 Å². The van der Waals surface area contributed by atoms with E-state index in [1.807, 2.05) is 29.2 Å². The van der Waals surface area contributed by atoms with E-state index in [1.165, 1.54) is 0 Å². The number of likely N-dealkylation sites (tertiary alicyclic amines) is 1. The lowest BCUT2D eigenvalue weighted by molar-refractivity contribution is 0.0548. The first-order valence-electron chi connectivity index (χ1n) is 8.19. The predicted octanol–water partition coefficient (Wildman–Crippen LogP) is 3.36. The van der Waals surface area contributed by atoms with Gasteiger partial charge in [0.25, 0.3) is 5.91 Å². The number of carbonyl (C=O) groups excluding carboxylic acids is 1. The quantitative estimate of drug-likeness (QED) is 0.918. The minimum Gasteiger partial charge on any atom is -0.393 e. The zero-order valence-electron chi connectivity index (χ0n) is 12.8. The molecule has 1 amide bonds. The zero-order chi connectivity index (χ0) is 16.0. The molecular weight excluding hydrogens is 312 g/mol. The number of fused-ring (bicyclic) bond motifs is 1. The largest absolute Gasteiger partial charge is 0.393 e. The van der Waals surface area contributed by atoms with Gasteiger partial charge in [-0.05, 0) is 49.9 Å². The van der Waals surface area contributed by atoms with E-state index < -0.39 is 0 Å². The van der Waals surface area contributed by atoms with E-state index >= 15 is 0 Å². The van der Waals surface area contributed by atoms with Crippen LogP contribution in [-0.4, -0.2) is 40.1 Å². The summed E-state index contributed by atoms with van der Waals surface area (Å²) in [5.41, 5.74) is 2.54. The van der Waals surface area contributed by atoms with Crippen LogP contribution in [0.5, 0.6) is 0 Å². The van der Waals surface area contributed by atoms with Crippen molar-refractivity contribution in [2.75, 3.05) is 13.1 Å². The predicted molar refractivity (Wildman–Crippen MR) is 89.9 cm³/mol. The molecule has 0 spiro atoms. The van der Waals surface area contributed by atoms with E-state index in [9.17, 15) is 9.90 Å². The summed E-state index contributed by atoms with van der Waals surface area (Å²) in [7, 11) is 0. The Morgan fingerprint density at radius 2 is 1.91 bits per heavy atom. The summed E-state index contributed by atoms with van der Waals surface area (Å²) < 4.78 is 0. The van der Waals surface area contributed by atoms with Crippen LogP contribution in [0.3, 0.4) is 0 Å². The standard InChI is InChI=1S/C18H19ClN2O2/c19-12-3-4-16-14(9-12)15(10-17(20-16)11-1-2-11)18(23)21-7-5-13(22)6-8-21/h3-4,9-11,13,22H,1-2,5-8H2. The van der Waals surface area contributed by atoms with Gasteiger partial charge in [-0.15, -0.1) is 0 Å². The lowest BCUT2D eigenvalue weighted by atomic mass is 10.0. The highest BCUT2D eigenvalue weighted by Gasteiger charge is 2.29. The van der Waals surface area contributed by atoms with Crippen LogP contribution >= 0.6 is 11.6 Å². The number of hydrogen-bond donors (Lipinski definition) is 1. The van der Waals surface area contributed by atoms with Gasteiger partial charge in [-0.1, -0.05) is 11.6 Å². The van der Waals surface area contributed by atoms with Crippen molar-refractivity contribution in [3.8, 4) is 0 Å². The van der Waals surface area contributed by atoms with Gasteiger partial charge in [0, 0.05) is 35.1 Å². The minimum atomic E-state index is -0.287. The van der Waals surface area contributed by atoms with Crippen LogP contribution in [0.1, 0.15) is 47.7 Å². The Balaban J connectivity index is 1.77. The monoisotopic (exact) mass is 330 g/mol. The van der Waals surface area contributed by atoms with E-state index in [1.54, 1.807) is 0 Å². The number of pyridine rings is 1. The molecule has 1 saturated heterocycles. The average molecular weight is 331 g/mol. The second-order valence-electron chi connectivity index (χ2n) is 6.55. The number of halogens is 1. The Kier molecular flexibility index (Phi) is 3.74. The Hall–Kier alpha value is -1.65. The van der Waals surface area contributed by atoms with Crippen molar-refractivity contribution in [2.45, 2.75) is 37.7 Å². The van der Waals surface area contributed by atoms with E-state index in [4.69, 9.17) is 16.6 Å². The summed E-state index contributed by atoms with van der Waals surface area (Å²) in [4.78, 5) is 19.5. The van der Waals surface area contributed by atoms with Gasteiger partial charge in [0.05, 0.1) is 17.2 Å². The van der Waals surface area contributed by atoms with Crippen molar-refractivity contribution >= 4 is 28.4 Å². The fraction of sp³-hybridized carbons (Fsp3) is 0.444. The fourth-order valence-electron chi connectivity index (χ4n) is 3.22. The lowest BCUT2D eigenvalue weighted by Gasteiger charge is -2.30. The Labute approximate surface area is 140 Å². The molecule has 0 unspecified atom stereocenters. The summed E-state index contributed by atoms with van der Waals surface area (Å²) in [6, 6.07) is 7.48. The highest BCUT2D eigenvalue weighted by Crippen LogP contribution is 2.40. The molecule has 2 fully saturated rings. The van der Waals surface area contributed by atoms with E-state index in [0.29, 0.717) is 42.4 Å². The third-order valence-electron chi connectivity index (χ3n) is 4.77. The maximum Gasteiger partial charge on any atom is 0.254 e. The third-order valence-corrected chi connectivity index (χ3v) is 5.00. The number of aromatic nitrogens is 1. The number of aliphatic hydroxyl groups excluding tert-OH is 1. The van der Waals surface area contributed by atoms with Crippen molar-refractivity contribution < 1.29 is 9.90 Å². The van der Waals surface area contributed by atoms with Gasteiger partial charge in [-0.3, -0.25) is 9.78 Å². The molecule has 2 aromatic rings. The summed E-state index contributed by atoms with van der Waals surface area (Å²) in [6.45, 7) is 1.20. The normalized spacial score (nSPS) is 19.3. The van der Waals surface area contributed by atoms with Crippen molar-refractivity contribution in [1.29, 1.82) is 0 Å². The van der Waals surface area contributed by atoms with Gasteiger partial charge in [-0.2, -0.15) is 0 Å². The first-order chi connectivity index (χ1) is 11.1. The van der Waals surface area contributed by atoms with Gasteiger partial charge in [-0.25, -0.2) is 0 Å². The van der Waals surface area contributed by atoms with Crippen LogP contribution in [0.25, 0.3) is 10.9 Å². The highest BCUT2D eigenvalue weighted by atomic mass is 35.5. The molecule has 5 heteroatoms.